The van der Waals surface area contributed by atoms with E-state index < -0.39 is 22.4 Å². The molecule has 2 fully saturated rings. The Morgan fingerprint density at radius 1 is 1.24 bits per heavy atom. The quantitative estimate of drug-likeness (QED) is 0.496. The van der Waals surface area contributed by atoms with E-state index in [2.05, 4.69) is 5.32 Å². The highest BCUT2D eigenvalue weighted by atomic mass is 16.6. The first-order valence-corrected chi connectivity index (χ1v) is 8.00. The maximum atomic E-state index is 12.7. The molecule has 1 aromatic rings. The van der Waals surface area contributed by atoms with E-state index in [1.807, 2.05) is 0 Å². The number of nitro benzene ring substituents is 1. The fourth-order valence-electron chi connectivity index (χ4n) is 3.15. The Labute approximate surface area is 143 Å². The van der Waals surface area contributed by atoms with Crippen molar-refractivity contribution in [3.8, 4) is 0 Å². The predicted molar refractivity (Wildman–Crippen MR) is 86.5 cm³/mol. The second-order valence-electron chi connectivity index (χ2n) is 6.34. The molecule has 0 aromatic heterocycles. The van der Waals surface area contributed by atoms with Crippen LogP contribution in [0.15, 0.2) is 24.3 Å². The smallest absolute Gasteiger partial charge is 0.325 e. The lowest BCUT2D eigenvalue weighted by atomic mass is 9.92. The fourth-order valence-corrected chi connectivity index (χ4v) is 3.15. The third kappa shape index (κ3) is 2.92. The van der Waals surface area contributed by atoms with Gasteiger partial charge in [0, 0.05) is 25.2 Å². The van der Waals surface area contributed by atoms with E-state index in [1.54, 1.807) is 4.90 Å². The molecule has 0 saturated carbocycles. The number of hydrogen-bond acceptors (Lipinski definition) is 5. The zero-order valence-electron chi connectivity index (χ0n) is 13.7. The summed E-state index contributed by atoms with van der Waals surface area (Å²) in [5, 5.41) is 13.3. The Morgan fingerprint density at radius 2 is 1.84 bits per heavy atom. The molecule has 1 atom stereocenters. The molecule has 2 saturated heterocycles. The number of non-ortho nitro benzene ring substituents is 1. The van der Waals surface area contributed by atoms with Crippen LogP contribution in [-0.2, 0) is 15.1 Å². The minimum absolute atomic E-state index is 0.106. The normalized spacial score (nSPS) is 23.1. The number of nitrogens with one attached hydrogen (secondary N) is 1. The van der Waals surface area contributed by atoms with Crippen LogP contribution in [0.3, 0.4) is 0 Å². The van der Waals surface area contributed by atoms with Crippen LogP contribution in [-0.4, -0.2) is 52.2 Å². The zero-order chi connectivity index (χ0) is 18.2. The van der Waals surface area contributed by atoms with Gasteiger partial charge in [-0.15, -0.1) is 0 Å². The van der Waals surface area contributed by atoms with Crippen molar-refractivity contribution in [2.45, 2.75) is 25.3 Å². The summed E-state index contributed by atoms with van der Waals surface area (Å²) in [7, 11) is 0. The van der Waals surface area contributed by atoms with Gasteiger partial charge in [-0.2, -0.15) is 0 Å². The maximum Gasteiger partial charge on any atom is 0.325 e. The fraction of sp³-hybridized carbons (Fsp3) is 0.438. The SMILES string of the molecule is C[C@]1(c2ccc([N+](=O)[O-])cc2)NC(=O)N(CC(=O)N2CCCC2)C1=O. The average molecular weight is 346 g/mol. The highest BCUT2D eigenvalue weighted by Gasteiger charge is 2.49. The third-order valence-electron chi connectivity index (χ3n) is 4.68. The van der Waals surface area contributed by atoms with Gasteiger partial charge in [-0.1, -0.05) is 0 Å². The van der Waals surface area contributed by atoms with Crippen molar-refractivity contribution in [2.75, 3.05) is 19.6 Å². The van der Waals surface area contributed by atoms with Gasteiger partial charge in [-0.25, -0.2) is 4.79 Å². The molecule has 25 heavy (non-hydrogen) atoms. The maximum absolute atomic E-state index is 12.7. The summed E-state index contributed by atoms with van der Waals surface area (Å²) in [5.41, 5.74) is -1.03. The van der Waals surface area contributed by atoms with E-state index in [-0.39, 0.29) is 18.1 Å². The van der Waals surface area contributed by atoms with E-state index >= 15 is 0 Å². The molecule has 0 radical (unpaired) electrons. The molecule has 2 aliphatic rings. The molecular formula is C16H18N4O5. The monoisotopic (exact) mass is 346 g/mol. The van der Waals surface area contributed by atoms with Gasteiger partial charge in [0.2, 0.25) is 5.91 Å². The van der Waals surface area contributed by atoms with Gasteiger partial charge in [-0.05, 0) is 37.5 Å². The van der Waals surface area contributed by atoms with Crippen LogP contribution >= 0.6 is 0 Å². The number of benzene rings is 1. The highest BCUT2D eigenvalue weighted by Crippen LogP contribution is 2.30. The van der Waals surface area contributed by atoms with Gasteiger partial charge in [0.25, 0.3) is 11.6 Å². The van der Waals surface area contributed by atoms with Crippen LogP contribution in [0, 0.1) is 10.1 Å². The highest BCUT2D eigenvalue weighted by molar-refractivity contribution is 6.09. The van der Waals surface area contributed by atoms with Crippen LogP contribution in [0.5, 0.6) is 0 Å². The van der Waals surface area contributed by atoms with Crippen LogP contribution < -0.4 is 5.32 Å². The Balaban J connectivity index is 1.79. The van der Waals surface area contributed by atoms with Crippen molar-refractivity contribution in [3.63, 3.8) is 0 Å². The summed E-state index contributed by atoms with van der Waals surface area (Å²) in [6.45, 7) is 2.51. The number of likely N-dealkylation sites (tertiary alicyclic amines) is 1. The van der Waals surface area contributed by atoms with Crippen molar-refractivity contribution in [1.82, 2.24) is 15.1 Å². The molecule has 0 unspecified atom stereocenters. The average Bonchev–Trinajstić information content (AvgIpc) is 3.19. The third-order valence-corrected chi connectivity index (χ3v) is 4.68. The molecule has 3 rings (SSSR count). The largest absolute Gasteiger partial charge is 0.341 e. The summed E-state index contributed by atoms with van der Waals surface area (Å²) < 4.78 is 0. The second kappa shape index (κ2) is 6.15. The Hall–Kier alpha value is -2.97. The standard InChI is InChI=1S/C16H18N4O5/c1-16(11-4-6-12(7-5-11)20(24)25)14(22)19(15(23)17-16)10-13(21)18-8-2-3-9-18/h4-7H,2-3,8-10H2,1H3,(H,17,23)/t16-/m1/s1. The number of carbonyl (C=O) groups is 3. The Bertz CT molecular complexity index is 741. The number of urea groups is 1. The van der Waals surface area contributed by atoms with Crippen molar-refractivity contribution in [2.24, 2.45) is 0 Å². The van der Waals surface area contributed by atoms with Gasteiger partial charge >= 0.3 is 6.03 Å². The van der Waals surface area contributed by atoms with E-state index in [1.165, 1.54) is 31.2 Å². The number of rotatable bonds is 4. The molecule has 2 aliphatic heterocycles. The lowest BCUT2D eigenvalue weighted by Crippen LogP contribution is -2.43. The molecule has 0 aliphatic carbocycles. The van der Waals surface area contributed by atoms with Gasteiger partial charge in [-0.3, -0.25) is 24.6 Å². The first-order valence-electron chi connectivity index (χ1n) is 8.00. The zero-order valence-corrected chi connectivity index (χ0v) is 13.7. The van der Waals surface area contributed by atoms with Gasteiger partial charge in [0.1, 0.15) is 12.1 Å². The number of hydrogen-bond donors (Lipinski definition) is 1. The molecule has 0 bridgehead atoms. The summed E-state index contributed by atoms with van der Waals surface area (Å²) >= 11 is 0. The number of imide groups is 1. The molecule has 1 N–H and O–H groups in total. The lowest BCUT2D eigenvalue weighted by molar-refractivity contribution is -0.384. The molecular weight excluding hydrogens is 328 g/mol. The summed E-state index contributed by atoms with van der Waals surface area (Å²) in [5.74, 6) is -0.798. The molecule has 9 heteroatoms. The lowest BCUT2D eigenvalue weighted by Gasteiger charge is -2.23. The topological polar surface area (TPSA) is 113 Å². The molecule has 0 spiro atoms. The van der Waals surface area contributed by atoms with E-state index in [4.69, 9.17) is 0 Å². The van der Waals surface area contributed by atoms with Gasteiger partial charge in [0.15, 0.2) is 0 Å². The van der Waals surface area contributed by atoms with Gasteiger partial charge < -0.3 is 10.2 Å². The number of nitro groups is 1. The second-order valence-corrected chi connectivity index (χ2v) is 6.34. The molecule has 2 heterocycles. The predicted octanol–water partition coefficient (Wildman–Crippen LogP) is 0.984. The van der Waals surface area contributed by atoms with Crippen LogP contribution in [0.4, 0.5) is 10.5 Å². The molecule has 4 amide bonds. The first-order chi connectivity index (χ1) is 11.8. The molecule has 132 valence electrons. The van der Waals surface area contributed by atoms with Crippen molar-refractivity contribution in [1.29, 1.82) is 0 Å². The molecule has 9 nitrogen and oxygen atoms in total. The number of carbonyl (C=O) groups excluding carboxylic acids is 3. The van der Waals surface area contributed by atoms with E-state index in [0.29, 0.717) is 18.7 Å². The van der Waals surface area contributed by atoms with Crippen LogP contribution in [0.25, 0.3) is 0 Å². The van der Waals surface area contributed by atoms with Crippen LogP contribution in [0.1, 0.15) is 25.3 Å². The van der Waals surface area contributed by atoms with Crippen molar-refractivity contribution < 1.29 is 19.3 Å². The van der Waals surface area contributed by atoms with Crippen molar-refractivity contribution in [3.05, 3.63) is 39.9 Å². The molecule has 1 aromatic carbocycles. The number of nitrogens with zero attached hydrogens (tertiary/aromatic N) is 3. The summed E-state index contributed by atoms with van der Waals surface area (Å²) in [4.78, 5) is 49.9. The minimum atomic E-state index is -1.35. The summed E-state index contributed by atoms with van der Waals surface area (Å²) in [6.07, 6.45) is 1.85. The van der Waals surface area contributed by atoms with Crippen LogP contribution in [0.2, 0.25) is 0 Å². The Kier molecular flexibility index (Phi) is 4.15. The summed E-state index contributed by atoms with van der Waals surface area (Å²) in [6, 6.07) is 4.78. The minimum Gasteiger partial charge on any atom is -0.341 e. The van der Waals surface area contributed by atoms with E-state index in [9.17, 15) is 24.5 Å². The number of amides is 4. The van der Waals surface area contributed by atoms with Crippen molar-refractivity contribution >= 4 is 23.5 Å². The van der Waals surface area contributed by atoms with E-state index in [0.717, 1.165) is 17.7 Å². The Morgan fingerprint density at radius 3 is 2.40 bits per heavy atom. The first kappa shape index (κ1) is 16.9. The van der Waals surface area contributed by atoms with Gasteiger partial charge in [0.05, 0.1) is 4.92 Å².